The van der Waals surface area contributed by atoms with Crippen LogP contribution in [0.5, 0.6) is 0 Å². The molecule has 0 saturated carbocycles. The zero-order valence-corrected chi connectivity index (χ0v) is 30.9. The van der Waals surface area contributed by atoms with Crippen molar-refractivity contribution in [1.29, 1.82) is 0 Å². The van der Waals surface area contributed by atoms with Crippen molar-refractivity contribution in [2.75, 3.05) is 0 Å². The maximum Gasteiger partial charge on any atom is 0.137 e. The molecular formula is C53H34N4. The Kier molecular flexibility index (Phi) is 6.89. The molecule has 0 aliphatic heterocycles. The summed E-state index contributed by atoms with van der Waals surface area (Å²) in [7, 11) is 0. The van der Waals surface area contributed by atoms with Gasteiger partial charge >= 0.3 is 0 Å². The normalized spacial score (nSPS) is 11.9. The summed E-state index contributed by atoms with van der Waals surface area (Å²) in [6, 6.07) is 72.2. The van der Waals surface area contributed by atoms with Crippen LogP contribution < -0.4 is 0 Å². The molecule has 0 aliphatic rings. The van der Waals surface area contributed by atoms with Crippen LogP contribution in [0.4, 0.5) is 0 Å². The van der Waals surface area contributed by atoms with E-state index in [2.05, 4.69) is 214 Å². The number of rotatable bonds is 5. The summed E-state index contributed by atoms with van der Waals surface area (Å²) >= 11 is 0. The average Bonchev–Trinajstić information content (AvgIpc) is 3.92. The van der Waals surface area contributed by atoms with Crippen LogP contribution in [0.1, 0.15) is 0 Å². The fourth-order valence-electron chi connectivity index (χ4n) is 9.10. The summed E-state index contributed by atoms with van der Waals surface area (Å²) in [5, 5.41) is 7.40. The minimum absolute atomic E-state index is 0.898. The van der Waals surface area contributed by atoms with Crippen molar-refractivity contribution in [2.45, 2.75) is 0 Å². The van der Waals surface area contributed by atoms with Gasteiger partial charge in [0, 0.05) is 55.5 Å². The third kappa shape index (κ3) is 4.84. The molecule has 0 fully saturated rings. The first-order valence-corrected chi connectivity index (χ1v) is 19.5. The molecule has 4 nitrogen and oxygen atoms in total. The highest BCUT2D eigenvalue weighted by atomic mass is 15.1. The summed E-state index contributed by atoms with van der Waals surface area (Å²) in [6.45, 7) is 0. The van der Waals surface area contributed by atoms with E-state index >= 15 is 0 Å². The lowest BCUT2D eigenvalue weighted by Gasteiger charge is -2.10. The van der Waals surface area contributed by atoms with Crippen LogP contribution >= 0.6 is 0 Å². The molecule has 0 bridgehead atoms. The molecule has 0 N–H and O–H groups in total. The second-order valence-corrected chi connectivity index (χ2v) is 14.8. The molecule has 0 amide bonds. The van der Waals surface area contributed by atoms with Crippen LogP contribution in [0.3, 0.4) is 0 Å². The van der Waals surface area contributed by atoms with Crippen molar-refractivity contribution < 1.29 is 0 Å². The van der Waals surface area contributed by atoms with Gasteiger partial charge in [-0.1, -0.05) is 109 Å². The molecule has 4 aromatic heterocycles. The predicted molar refractivity (Wildman–Crippen MR) is 238 cm³/mol. The lowest BCUT2D eigenvalue weighted by Crippen LogP contribution is -1.97. The molecule has 12 rings (SSSR count). The molecule has 0 spiro atoms. The van der Waals surface area contributed by atoms with Crippen molar-refractivity contribution in [2.24, 2.45) is 0 Å². The van der Waals surface area contributed by atoms with Crippen molar-refractivity contribution in [1.82, 2.24) is 18.7 Å². The third-order valence-electron chi connectivity index (χ3n) is 11.7. The van der Waals surface area contributed by atoms with Crippen LogP contribution in [0.15, 0.2) is 206 Å². The second-order valence-electron chi connectivity index (χ2n) is 14.8. The number of hydrogen-bond donors (Lipinski definition) is 0. The summed E-state index contributed by atoms with van der Waals surface area (Å²) in [5.41, 5.74) is 14.0. The molecular weight excluding hydrogens is 693 g/mol. The van der Waals surface area contributed by atoms with Crippen LogP contribution in [0.2, 0.25) is 0 Å². The first-order valence-electron chi connectivity index (χ1n) is 19.5. The Balaban J connectivity index is 0.949. The standard InChI is InChI=1S/C53H34N4/c1-3-13-39(14-4-1)55-47-20-10-7-17-41(47)44-31-35(23-27-50(44)55)36-24-29-52-46(32-36)43-19-9-12-22-49(43)57(52)53-30-26-38(34-54-53)37-25-28-51-45(33-37)42-18-8-11-21-48(42)56(51)40-15-5-2-6-16-40/h1-34H. The molecule has 0 atom stereocenters. The van der Waals surface area contributed by atoms with E-state index in [1.807, 2.05) is 6.20 Å². The van der Waals surface area contributed by atoms with Gasteiger partial charge in [-0.05, 0) is 108 Å². The van der Waals surface area contributed by atoms with Crippen LogP contribution in [0, 0.1) is 0 Å². The lowest BCUT2D eigenvalue weighted by molar-refractivity contribution is 1.08. The Bertz CT molecular complexity index is 3500. The quantitative estimate of drug-likeness (QED) is 0.174. The van der Waals surface area contributed by atoms with E-state index < -0.39 is 0 Å². The maximum absolute atomic E-state index is 5.12. The highest BCUT2D eigenvalue weighted by molar-refractivity contribution is 6.13. The summed E-state index contributed by atoms with van der Waals surface area (Å²) in [4.78, 5) is 5.12. The van der Waals surface area contributed by atoms with Gasteiger partial charge in [0.05, 0.1) is 33.1 Å². The highest BCUT2D eigenvalue weighted by Crippen LogP contribution is 2.39. The van der Waals surface area contributed by atoms with Crippen molar-refractivity contribution in [3.8, 4) is 39.4 Å². The molecule has 57 heavy (non-hydrogen) atoms. The van der Waals surface area contributed by atoms with Crippen molar-refractivity contribution in [3.05, 3.63) is 206 Å². The summed E-state index contributed by atoms with van der Waals surface area (Å²) in [5.74, 6) is 0.898. The number of fused-ring (bicyclic) bond motifs is 9. The molecule has 4 heterocycles. The van der Waals surface area contributed by atoms with E-state index in [1.54, 1.807) is 0 Å². The largest absolute Gasteiger partial charge is 0.309 e. The van der Waals surface area contributed by atoms with Gasteiger partial charge in [-0.25, -0.2) is 4.98 Å². The second kappa shape index (κ2) is 12.4. The van der Waals surface area contributed by atoms with Crippen LogP contribution in [-0.2, 0) is 0 Å². The number of hydrogen-bond acceptors (Lipinski definition) is 1. The smallest absolute Gasteiger partial charge is 0.137 e. The maximum atomic E-state index is 5.12. The molecule has 12 aromatic rings. The zero-order chi connectivity index (χ0) is 37.5. The van der Waals surface area contributed by atoms with Gasteiger partial charge in [-0.3, -0.25) is 4.57 Å². The predicted octanol–water partition coefficient (Wildman–Crippen LogP) is 13.7. The van der Waals surface area contributed by atoms with Gasteiger partial charge in [0.2, 0.25) is 0 Å². The molecule has 0 radical (unpaired) electrons. The van der Waals surface area contributed by atoms with E-state index in [0.717, 1.165) is 33.7 Å². The van der Waals surface area contributed by atoms with E-state index in [-0.39, 0.29) is 0 Å². The number of aromatic nitrogens is 4. The van der Waals surface area contributed by atoms with Gasteiger partial charge in [0.25, 0.3) is 0 Å². The van der Waals surface area contributed by atoms with Gasteiger partial charge in [-0.15, -0.1) is 0 Å². The minimum Gasteiger partial charge on any atom is -0.309 e. The van der Waals surface area contributed by atoms with Crippen molar-refractivity contribution >= 4 is 65.4 Å². The Morgan fingerprint density at radius 3 is 1.05 bits per heavy atom. The van der Waals surface area contributed by atoms with Crippen LogP contribution in [-0.4, -0.2) is 18.7 Å². The minimum atomic E-state index is 0.898. The third-order valence-corrected chi connectivity index (χ3v) is 11.7. The number of nitrogens with zero attached hydrogens (tertiary/aromatic N) is 4. The monoisotopic (exact) mass is 726 g/mol. The van der Waals surface area contributed by atoms with E-state index in [9.17, 15) is 0 Å². The first kappa shape index (κ1) is 31.6. The van der Waals surface area contributed by atoms with E-state index in [1.165, 1.54) is 71.2 Å². The Hall–Kier alpha value is -7.69. The zero-order valence-electron chi connectivity index (χ0n) is 30.9. The topological polar surface area (TPSA) is 27.7 Å². The van der Waals surface area contributed by atoms with Crippen LogP contribution in [0.25, 0.3) is 105 Å². The molecule has 0 aliphatic carbocycles. The average molecular weight is 727 g/mol. The molecule has 4 heteroatoms. The fraction of sp³-hybridized carbons (Fsp3) is 0. The van der Waals surface area contributed by atoms with Gasteiger partial charge in [0.1, 0.15) is 5.82 Å². The Morgan fingerprint density at radius 2 is 0.614 bits per heavy atom. The molecule has 8 aromatic carbocycles. The number of pyridine rings is 1. The number of benzene rings is 8. The van der Waals surface area contributed by atoms with Gasteiger partial charge < -0.3 is 9.13 Å². The SMILES string of the molecule is c1ccc(-n2c3ccccc3c3cc(-c4ccc(-n5c6ccccc6c6cc(-c7ccc8c(c7)c7ccccc7n8-c7ccccc7)ccc65)nc4)ccc32)cc1. The first-order chi connectivity index (χ1) is 28.3. The van der Waals surface area contributed by atoms with Gasteiger partial charge in [0.15, 0.2) is 0 Å². The fourth-order valence-corrected chi connectivity index (χ4v) is 9.10. The van der Waals surface area contributed by atoms with E-state index in [4.69, 9.17) is 4.98 Å². The molecule has 0 unspecified atom stereocenters. The molecule has 266 valence electrons. The summed E-state index contributed by atoms with van der Waals surface area (Å²) in [6.07, 6.45) is 2.02. The Labute approximate surface area is 328 Å². The number of para-hydroxylation sites is 5. The van der Waals surface area contributed by atoms with E-state index in [0.29, 0.717) is 0 Å². The Morgan fingerprint density at radius 1 is 0.263 bits per heavy atom. The summed E-state index contributed by atoms with van der Waals surface area (Å²) < 4.78 is 7.02. The lowest BCUT2D eigenvalue weighted by atomic mass is 10.0. The molecule has 0 saturated heterocycles. The van der Waals surface area contributed by atoms with Crippen molar-refractivity contribution in [3.63, 3.8) is 0 Å². The van der Waals surface area contributed by atoms with Gasteiger partial charge in [-0.2, -0.15) is 0 Å². The highest BCUT2D eigenvalue weighted by Gasteiger charge is 2.17.